The summed E-state index contributed by atoms with van der Waals surface area (Å²) in [7, 11) is 0. The molecule has 0 aliphatic rings. The molecule has 0 aliphatic heterocycles. The van der Waals surface area contributed by atoms with Crippen LogP contribution in [0.25, 0.3) is 0 Å². The molecule has 0 heterocycles. The molecule has 0 saturated heterocycles. The molecule has 17 heavy (non-hydrogen) atoms. The molecule has 6 nitrogen and oxygen atoms in total. The topological polar surface area (TPSA) is 93.1 Å². The van der Waals surface area contributed by atoms with Crippen molar-refractivity contribution in [1.82, 2.24) is 0 Å². The third kappa shape index (κ3) is 6.49. The van der Waals surface area contributed by atoms with Crippen molar-refractivity contribution in [3.63, 3.8) is 0 Å². The van der Waals surface area contributed by atoms with Crippen LogP contribution in [-0.4, -0.2) is 34.7 Å². The summed E-state index contributed by atoms with van der Waals surface area (Å²) < 4.78 is 9.06. The van der Waals surface area contributed by atoms with Crippen molar-refractivity contribution >= 4 is 11.9 Å². The Morgan fingerprint density at radius 2 is 1.59 bits per heavy atom. The van der Waals surface area contributed by atoms with Crippen LogP contribution in [0.4, 0.5) is 0 Å². The van der Waals surface area contributed by atoms with Gasteiger partial charge in [0.05, 0.1) is 6.42 Å². The minimum absolute atomic E-state index is 0.0825. The minimum atomic E-state index is -2.36. The first kappa shape index (κ1) is 15.3. The molecule has 0 spiro atoms. The first-order valence-electron chi connectivity index (χ1n) is 5.01. The predicted molar refractivity (Wildman–Crippen MR) is 58.5 cm³/mol. The van der Waals surface area contributed by atoms with Gasteiger partial charge in [0.2, 0.25) is 0 Å². The summed E-state index contributed by atoms with van der Waals surface area (Å²) >= 11 is 0. The van der Waals surface area contributed by atoms with E-state index in [-0.39, 0.29) is 13.0 Å². The quantitative estimate of drug-likeness (QED) is 0.275. The molecule has 0 fully saturated rings. The van der Waals surface area contributed by atoms with Gasteiger partial charge in [-0.05, 0) is 12.8 Å². The molecule has 0 radical (unpaired) electrons. The molecule has 0 aromatic carbocycles. The van der Waals surface area contributed by atoms with Crippen LogP contribution in [0.1, 0.15) is 19.3 Å². The third-order valence-electron chi connectivity index (χ3n) is 1.75. The van der Waals surface area contributed by atoms with Crippen LogP contribution in [0, 0.1) is 0 Å². The van der Waals surface area contributed by atoms with Gasteiger partial charge < -0.3 is 19.7 Å². The normalized spacial score (nSPS) is 10.5. The van der Waals surface area contributed by atoms with Crippen molar-refractivity contribution < 1.29 is 29.3 Å². The second-order valence-electron chi connectivity index (χ2n) is 3.14. The standard InChI is InChI=1S/C11H16O6/c1-3-9(13)16-11(15,7-5-6-8-12)17-10(14)4-2/h3-4,12,15H,1-2,5-8H2. The van der Waals surface area contributed by atoms with Crippen LogP contribution in [0.5, 0.6) is 0 Å². The number of ether oxygens (including phenoxy) is 2. The molecule has 0 bridgehead atoms. The number of hydrogen-bond acceptors (Lipinski definition) is 6. The maximum Gasteiger partial charge on any atom is 0.373 e. The van der Waals surface area contributed by atoms with Crippen molar-refractivity contribution in [2.45, 2.75) is 25.2 Å². The van der Waals surface area contributed by atoms with Crippen LogP contribution >= 0.6 is 0 Å². The number of carbonyl (C=O) groups is 2. The van der Waals surface area contributed by atoms with Crippen molar-refractivity contribution in [2.24, 2.45) is 0 Å². The lowest BCUT2D eigenvalue weighted by Gasteiger charge is -2.25. The Labute approximate surface area is 99.1 Å². The van der Waals surface area contributed by atoms with Crippen molar-refractivity contribution in [1.29, 1.82) is 0 Å². The summed E-state index contributed by atoms with van der Waals surface area (Å²) in [5.74, 6) is -4.20. The highest BCUT2D eigenvalue weighted by Crippen LogP contribution is 2.19. The van der Waals surface area contributed by atoms with Gasteiger partial charge in [-0.2, -0.15) is 0 Å². The Hall–Kier alpha value is -1.66. The fourth-order valence-electron chi connectivity index (χ4n) is 0.981. The number of hydrogen-bond donors (Lipinski definition) is 2. The van der Waals surface area contributed by atoms with Gasteiger partial charge in [0.1, 0.15) is 0 Å². The Balaban J connectivity index is 4.54. The number of carbonyl (C=O) groups excluding carboxylic acids is 2. The zero-order valence-corrected chi connectivity index (χ0v) is 9.42. The highest BCUT2D eigenvalue weighted by molar-refractivity contribution is 5.83. The molecule has 0 amide bonds. The molecule has 0 aromatic rings. The summed E-state index contributed by atoms with van der Waals surface area (Å²) in [5.41, 5.74) is 0. The first-order valence-corrected chi connectivity index (χ1v) is 5.01. The monoisotopic (exact) mass is 244 g/mol. The Morgan fingerprint density at radius 3 is 1.94 bits per heavy atom. The van der Waals surface area contributed by atoms with Crippen molar-refractivity contribution in [3.8, 4) is 0 Å². The number of aliphatic hydroxyl groups is 2. The van der Waals surface area contributed by atoms with Crippen LogP contribution < -0.4 is 0 Å². The Bertz CT molecular complexity index is 274. The molecule has 96 valence electrons. The summed E-state index contributed by atoms with van der Waals surface area (Å²) in [6, 6.07) is 0. The summed E-state index contributed by atoms with van der Waals surface area (Å²) in [4.78, 5) is 21.9. The van der Waals surface area contributed by atoms with Gasteiger partial charge in [-0.15, -0.1) is 0 Å². The summed E-state index contributed by atoms with van der Waals surface area (Å²) in [6.45, 7) is 6.23. The summed E-state index contributed by atoms with van der Waals surface area (Å²) in [5, 5.41) is 18.4. The van der Waals surface area contributed by atoms with Crippen LogP contribution in [0.15, 0.2) is 25.3 Å². The smallest absolute Gasteiger partial charge is 0.373 e. The molecule has 6 heteroatoms. The molecular formula is C11H16O6. The van der Waals surface area contributed by atoms with Crippen LogP contribution in [-0.2, 0) is 19.1 Å². The zero-order chi connectivity index (χ0) is 13.3. The highest BCUT2D eigenvalue weighted by atomic mass is 16.8. The van der Waals surface area contributed by atoms with Gasteiger partial charge in [-0.25, -0.2) is 9.59 Å². The molecule has 0 saturated carbocycles. The van der Waals surface area contributed by atoms with E-state index in [0.717, 1.165) is 12.2 Å². The molecule has 0 rings (SSSR count). The van der Waals surface area contributed by atoms with E-state index in [0.29, 0.717) is 12.8 Å². The lowest BCUT2D eigenvalue weighted by atomic mass is 10.2. The van der Waals surface area contributed by atoms with Crippen LogP contribution in [0.2, 0.25) is 0 Å². The number of rotatable bonds is 8. The van der Waals surface area contributed by atoms with E-state index in [1.165, 1.54) is 0 Å². The maximum absolute atomic E-state index is 11.0. The van der Waals surface area contributed by atoms with E-state index in [9.17, 15) is 14.7 Å². The van der Waals surface area contributed by atoms with E-state index in [1.54, 1.807) is 0 Å². The van der Waals surface area contributed by atoms with E-state index < -0.39 is 17.9 Å². The van der Waals surface area contributed by atoms with Gasteiger partial charge in [-0.3, -0.25) is 0 Å². The fourth-order valence-corrected chi connectivity index (χ4v) is 0.981. The maximum atomic E-state index is 11.0. The van der Waals surface area contributed by atoms with E-state index in [1.807, 2.05) is 0 Å². The summed E-state index contributed by atoms with van der Waals surface area (Å²) in [6.07, 6.45) is 2.20. The zero-order valence-electron chi connectivity index (χ0n) is 9.42. The van der Waals surface area contributed by atoms with Crippen LogP contribution in [0.3, 0.4) is 0 Å². The Kier molecular flexibility index (Phi) is 6.85. The lowest BCUT2D eigenvalue weighted by Crippen LogP contribution is -2.39. The predicted octanol–water partition coefficient (Wildman–Crippen LogP) is 0.253. The van der Waals surface area contributed by atoms with E-state index in [4.69, 9.17) is 5.11 Å². The number of aliphatic hydroxyl groups excluding tert-OH is 1. The second-order valence-corrected chi connectivity index (χ2v) is 3.14. The molecule has 0 aliphatic carbocycles. The van der Waals surface area contributed by atoms with Gasteiger partial charge in [-0.1, -0.05) is 13.2 Å². The van der Waals surface area contributed by atoms with E-state index in [2.05, 4.69) is 22.6 Å². The largest absolute Gasteiger partial charge is 0.396 e. The van der Waals surface area contributed by atoms with Gasteiger partial charge >= 0.3 is 17.9 Å². The molecular weight excluding hydrogens is 228 g/mol. The van der Waals surface area contributed by atoms with Gasteiger partial charge in [0.25, 0.3) is 0 Å². The van der Waals surface area contributed by atoms with E-state index >= 15 is 0 Å². The number of unbranched alkanes of at least 4 members (excludes halogenated alkanes) is 1. The SMILES string of the molecule is C=CC(=O)OC(O)(CCCCO)OC(=O)C=C. The highest BCUT2D eigenvalue weighted by Gasteiger charge is 2.34. The van der Waals surface area contributed by atoms with Gasteiger partial charge in [0.15, 0.2) is 0 Å². The lowest BCUT2D eigenvalue weighted by molar-refractivity contribution is -0.324. The molecule has 0 atom stereocenters. The van der Waals surface area contributed by atoms with Crippen molar-refractivity contribution in [3.05, 3.63) is 25.3 Å². The average Bonchev–Trinajstić information content (AvgIpc) is 2.28. The molecule has 2 N–H and O–H groups in total. The number of esters is 2. The molecule has 0 unspecified atom stereocenters. The van der Waals surface area contributed by atoms with Gasteiger partial charge in [0, 0.05) is 18.8 Å². The van der Waals surface area contributed by atoms with Crippen molar-refractivity contribution in [2.75, 3.05) is 6.61 Å². The first-order chi connectivity index (χ1) is 7.97. The average molecular weight is 244 g/mol. The third-order valence-corrected chi connectivity index (χ3v) is 1.75. The second kappa shape index (κ2) is 7.59. The fraction of sp³-hybridized carbons (Fsp3) is 0.455. The molecule has 0 aromatic heterocycles. The minimum Gasteiger partial charge on any atom is -0.396 e. The Morgan fingerprint density at radius 1 is 1.12 bits per heavy atom.